The zero-order chi connectivity index (χ0) is 27.0. The second kappa shape index (κ2) is 9.77. The number of rotatable bonds is 7. The van der Waals surface area contributed by atoms with E-state index in [0.29, 0.717) is 11.3 Å². The van der Waals surface area contributed by atoms with Crippen LogP contribution in [0.5, 0.6) is 0 Å². The zero-order valence-electron chi connectivity index (χ0n) is 20.2. The topological polar surface area (TPSA) is 95.0 Å². The molecule has 0 amide bonds. The molecule has 3 aromatic heterocycles. The predicted octanol–water partition coefficient (Wildman–Crippen LogP) is 5.04. The van der Waals surface area contributed by atoms with Crippen molar-refractivity contribution in [2.24, 2.45) is 12.0 Å². The molecule has 0 atom stereocenters. The Labute approximate surface area is 211 Å². The Kier molecular flexibility index (Phi) is 6.87. The lowest BCUT2D eigenvalue weighted by Crippen LogP contribution is -2.09. The van der Waals surface area contributed by atoms with E-state index >= 15 is 0 Å². The SMILES string of the molecule is C=N/C(=C\c1nc(-c2ncc(-c3ccc(-n4cccn4)cc3)cc2S(=O)(=O)CC)n(C)c1C)C(F)(F)F. The maximum Gasteiger partial charge on any atom is 0.433 e. The Balaban J connectivity index is 1.83. The van der Waals surface area contributed by atoms with Crippen molar-refractivity contribution in [3.8, 4) is 28.3 Å². The Morgan fingerprint density at radius 3 is 2.46 bits per heavy atom. The molecular formula is C25H23F3N6O2S. The van der Waals surface area contributed by atoms with Crippen LogP contribution in [-0.2, 0) is 16.9 Å². The van der Waals surface area contributed by atoms with E-state index in [1.54, 1.807) is 37.1 Å². The van der Waals surface area contributed by atoms with Crippen LogP contribution in [0.15, 0.2) is 70.6 Å². The minimum Gasteiger partial charge on any atom is -0.329 e. The summed E-state index contributed by atoms with van der Waals surface area (Å²) in [6, 6.07) is 10.6. The van der Waals surface area contributed by atoms with Gasteiger partial charge in [0.05, 0.1) is 22.0 Å². The van der Waals surface area contributed by atoms with Gasteiger partial charge in [-0.05, 0) is 49.5 Å². The fourth-order valence-corrected chi connectivity index (χ4v) is 4.74. The van der Waals surface area contributed by atoms with E-state index in [0.717, 1.165) is 17.3 Å². The first kappa shape index (κ1) is 26.0. The summed E-state index contributed by atoms with van der Waals surface area (Å²) < 4.78 is 69.0. The van der Waals surface area contributed by atoms with Crippen LogP contribution in [0.2, 0.25) is 0 Å². The number of pyridine rings is 1. The van der Waals surface area contributed by atoms with Gasteiger partial charge < -0.3 is 4.57 Å². The fraction of sp³-hybridized carbons (Fsp3) is 0.200. The highest BCUT2D eigenvalue weighted by atomic mass is 32.2. The summed E-state index contributed by atoms with van der Waals surface area (Å²) in [5.74, 6) is -0.0834. The number of aliphatic imine (C=N–C) groups is 1. The normalized spacial score (nSPS) is 12.6. The molecule has 0 unspecified atom stereocenters. The molecule has 0 aliphatic rings. The van der Waals surface area contributed by atoms with Crippen LogP contribution < -0.4 is 0 Å². The average Bonchev–Trinajstić information content (AvgIpc) is 3.51. The molecule has 8 nitrogen and oxygen atoms in total. The Hall–Kier alpha value is -4.06. The second-order valence-corrected chi connectivity index (χ2v) is 10.4. The summed E-state index contributed by atoms with van der Waals surface area (Å²) in [5, 5.41) is 4.19. The van der Waals surface area contributed by atoms with Crippen molar-refractivity contribution in [2.75, 3.05) is 5.75 Å². The highest BCUT2D eigenvalue weighted by molar-refractivity contribution is 7.91. The largest absolute Gasteiger partial charge is 0.433 e. The number of benzene rings is 1. The quantitative estimate of drug-likeness (QED) is 0.313. The second-order valence-electron chi connectivity index (χ2n) is 8.12. The van der Waals surface area contributed by atoms with Crippen molar-refractivity contribution in [2.45, 2.75) is 24.9 Å². The monoisotopic (exact) mass is 528 g/mol. The lowest BCUT2D eigenvalue weighted by atomic mass is 10.1. The van der Waals surface area contributed by atoms with Crippen molar-refractivity contribution < 1.29 is 21.6 Å². The molecule has 0 N–H and O–H groups in total. The van der Waals surface area contributed by atoms with Gasteiger partial charge in [0.25, 0.3) is 0 Å². The maximum atomic E-state index is 13.2. The first-order valence-corrected chi connectivity index (χ1v) is 12.7. The lowest BCUT2D eigenvalue weighted by Gasteiger charge is -2.12. The summed E-state index contributed by atoms with van der Waals surface area (Å²) in [4.78, 5) is 11.7. The maximum absolute atomic E-state index is 13.2. The summed E-state index contributed by atoms with van der Waals surface area (Å²) >= 11 is 0. The Morgan fingerprint density at radius 2 is 1.89 bits per heavy atom. The first-order valence-electron chi connectivity index (χ1n) is 11.1. The molecule has 3 heterocycles. The minimum atomic E-state index is -4.71. The van der Waals surface area contributed by atoms with Gasteiger partial charge in [0.15, 0.2) is 15.7 Å². The molecule has 0 saturated carbocycles. The van der Waals surface area contributed by atoms with Crippen molar-refractivity contribution >= 4 is 22.6 Å². The zero-order valence-corrected chi connectivity index (χ0v) is 21.0. The number of allylic oxidation sites excluding steroid dienone is 1. The minimum absolute atomic E-state index is 0.0165. The molecule has 0 fully saturated rings. The van der Waals surface area contributed by atoms with Gasteiger partial charge in [-0.25, -0.2) is 18.1 Å². The highest BCUT2D eigenvalue weighted by Crippen LogP contribution is 2.33. The molecule has 0 aliphatic heterocycles. The van der Waals surface area contributed by atoms with E-state index in [9.17, 15) is 21.6 Å². The van der Waals surface area contributed by atoms with Gasteiger partial charge in [-0.2, -0.15) is 18.3 Å². The van der Waals surface area contributed by atoms with Crippen molar-refractivity contribution in [3.63, 3.8) is 0 Å². The Morgan fingerprint density at radius 1 is 1.19 bits per heavy atom. The van der Waals surface area contributed by atoms with Gasteiger partial charge in [0.2, 0.25) is 0 Å². The number of hydrogen-bond acceptors (Lipinski definition) is 6. The number of aromatic nitrogens is 5. The summed E-state index contributed by atoms with van der Waals surface area (Å²) in [7, 11) is -2.20. The molecule has 0 radical (unpaired) electrons. The van der Waals surface area contributed by atoms with Crippen LogP contribution >= 0.6 is 0 Å². The fourth-order valence-electron chi connectivity index (χ4n) is 3.69. The van der Waals surface area contributed by atoms with Gasteiger partial charge in [-0.15, -0.1) is 0 Å². The number of imidazole rings is 1. The van der Waals surface area contributed by atoms with Gasteiger partial charge >= 0.3 is 6.18 Å². The number of hydrogen-bond donors (Lipinski definition) is 0. The molecule has 0 aliphatic carbocycles. The van der Waals surface area contributed by atoms with Crippen molar-refractivity contribution in [1.29, 1.82) is 0 Å². The molecule has 1 aromatic carbocycles. The van der Waals surface area contributed by atoms with Crippen LogP contribution in [-0.4, -0.2) is 51.4 Å². The van der Waals surface area contributed by atoms with Crippen LogP contribution in [0.3, 0.4) is 0 Å². The van der Waals surface area contributed by atoms with Gasteiger partial charge in [-0.3, -0.25) is 9.98 Å². The molecule has 0 saturated heterocycles. The van der Waals surface area contributed by atoms with Crippen LogP contribution in [0.4, 0.5) is 13.2 Å². The summed E-state index contributed by atoms with van der Waals surface area (Å²) in [5.41, 5.74) is 1.32. The van der Waals surface area contributed by atoms with Crippen LogP contribution in [0.1, 0.15) is 18.3 Å². The smallest absolute Gasteiger partial charge is 0.329 e. The number of sulfone groups is 1. The third-order valence-electron chi connectivity index (χ3n) is 5.90. The van der Waals surface area contributed by atoms with Gasteiger partial charge in [-0.1, -0.05) is 19.1 Å². The molecule has 37 heavy (non-hydrogen) atoms. The lowest BCUT2D eigenvalue weighted by molar-refractivity contribution is -0.0912. The molecule has 4 rings (SSSR count). The van der Waals surface area contributed by atoms with E-state index in [4.69, 9.17) is 0 Å². The molecule has 12 heteroatoms. The molecule has 0 bridgehead atoms. The number of nitrogens with zero attached hydrogens (tertiary/aromatic N) is 6. The third kappa shape index (κ3) is 5.10. The number of halogens is 3. The summed E-state index contributed by atoms with van der Waals surface area (Å²) in [6.07, 6.45) is 1.04. The van der Waals surface area contributed by atoms with E-state index < -0.39 is 21.7 Å². The van der Waals surface area contributed by atoms with Crippen molar-refractivity contribution in [3.05, 3.63) is 72.1 Å². The molecule has 4 aromatic rings. The van der Waals surface area contributed by atoms with E-state index in [1.807, 2.05) is 24.3 Å². The number of alkyl halides is 3. The molecule has 192 valence electrons. The molecule has 0 spiro atoms. The standard InChI is InChI=1S/C25H23F3N6O2S/c1-5-37(35,36)21-13-18(17-7-9-19(10-8-17)34-12-6-11-31-34)15-30-23(21)24-32-20(16(2)33(24)4)14-22(29-3)25(26,27)28/h6-15H,3,5H2,1-2,4H3/b22-14-. The van der Waals surface area contributed by atoms with Crippen molar-refractivity contribution in [1.82, 2.24) is 24.3 Å². The average molecular weight is 529 g/mol. The van der Waals surface area contributed by atoms with Gasteiger partial charge in [0.1, 0.15) is 11.4 Å². The summed E-state index contributed by atoms with van der Waals surface area (Å²) in [6.45, 7) is 6.07. The van der Waals surface area contributed by atoms with Gasteiger partial charge in [0, 0.05) is 36.9 Å². The van der Waals surface area contributed by atoms with Crippen LogP contribution in [0, 0.1) is 6.92 Å². The predicted molar refractivity (Wildman–Crippen MR) is 135 cm³/mol. The highest BCUT2D eigenvalue weighted by Gasteiger charge is 2.34. The van der Waals surface area contributed by atoms with Crippen LogP contribution in [0.25, 0.3) is 34.4 Å². The van der Waals surface area contributed by atoms with E-state index in [-0.39, 0.29) is 27.9 Å². The first-order chi connectivity index (χ1) is 17.5. The molecular weight excluding hydrogens is 505 g/mol. The third-order valence-corrected chi connectivity index (χ3v) is 7.64. The van der Waals surface area contributed by atoms with E-state index in [1.165, 1.54) is 23.8 Å². The Bertz CT molecular complexity index is 1590. The van der Waals surface area contributed by atoms with E-state index in [2.05, 4.69) is 26.8 Å².